The summed E-state index contributed by atoms with van der Waals surface area (Å²) >= 11 is 0. The minimum atomic E-state index is -0.627. The van der Waals surface area contributed by atoms with Gasteiger partial charge in [0.05, 0.1) is 13.2 Å². The fraction of sp³-hybridized carbons (Fsp3) is 0.467. The molecule has 1 unspecified atom stereocenters. The van der Waals surface area contributed by atoms with Gasteiger partial charge in [0.25, 0.3) is 5.91 Å². The average Bonchev–Trinajstić information content (AvgIpc) is 3.24. The molecule has 1 atom stereocenters. The number of benzene rings is 2. The molecule has 0 spiro atoms. The molecule has 5 rings (SSSR count). The number of piperidine rings is 1. The lowest BCUT2D eigenvalue weighted by atomic mass is 9.99. The third kappa shape index (κ3) is 6.54. The van der Waals surface area contributed by atoms with Crippen LogP contribution in [-0.2, 0) is 38.5 Å². The molecule has 0 radical (unpaired) electrons. The first-order valence-electron chi connectivity index (χ1n) is 13.7. The lowest BCUT2D eigenvalue weighted by Gasteiger charge is -2.29. The van der Waals surface area contributed by atoms with Crippen LogP contribution in [0.5, 0.6) is 5.75 Å². The Morgan fingerprint density at radius 3 is 2.64 bits per heavy atom. The number of ether oxygens (including phenoxy) is 2. The summed E-state index contributed by atoms with van der Waals surface area (Å²) in [6.45, 7) is 7.26. The normalized spacial score (nSPS) is 19.7. The molecule has 9 heteroatoms. The van der Waals surface area contributed by atoms with Gasteiger partial charge in [-0.2, -0.15) is 0 Å². The van der Waals surface area contributed by atoms with Gasteiger partial charge in [-0.25, -0.2) is 0 Å². The predicted molar refractivity (Wildman–Crippen MR) is 143 cm³/mol. The van der Waals surface area contributed by atoms with Crippen LogP contribution in [0.2, 0.25) is 0 Å². The highest BCUT2D eigenvalue weighted by atomic mass is 16.5. The highest BCUT2D eigenvalue weighted by Gasteiger charge is 2.39. The van der Waals surface area contributed by atoms with E-state index in [-0.39, 0.29) is 24.0 Å². The van der Waals surface area contributed by atoms with Gasteiger partial charge < -0.3 is 14.4 Å². The fourth-order valence-electron chi connectivity index (χ4n) is 5.48. The Hall–Kier alpha value is -3.56. The number of hydrogen-bond acceptors (Lipinski definition) is 7. The van der Waals surface area contributed by atoms with Crippen molar-refractivity contribution in [2.75, 3.05) is 39.5 Å². The Morgan fingerprint density at radius 2 is 1.87 bits per heavy atom. The molecule has 39 heavy (non-hydrogen) atoms. The van der Waals surface area contributed by atoms with Gasteiger partial charge in [-0.15, -0.1) is 0 Å². The van der Waals surface area contributed by atoms with Gasteiger partial charge in [0.2, 0.25) is 11.8 Å². The van der Waals surface area contributed by atoms with Crippen molar-refractivity contribution in [2.45, 2.75) is 51.6 Å². The van der Waals surface area contributed by atoms with Crippen LogP contribution in [0.15, 0.2) is 36.4 Å². The quantitative estimate of drug-likeness (QED) is 0.467. The van der Waals surface area contributed by atoms with Crippen LogP contribution in [0.3, 0.4) is 0 Å². The minimum Gasteiger partial charge on any atom is -0.492 e. The van der Waals surface area contributed by atoms with E-state index >= 15 is 0 Å². The Bertz CT molecular complexity index is 1270. The van der Waals surface area contributed by atoms with E-state index in [4.69, 9.17) is 9.47 Å². The number of morpholine rings is 1. The van der Waals surface area contributed by atoms with Crippen molar-refractivity contribution in [1.82, 2.24) is 15.1 Å². The lowest BCUT2D eigenvalue weighted by Crippen LogP contribution is -2.52. The van der Waals surface area contributed by atoms with Gasteiger partial charge in [0.1, 0.15) is 24.2 Å². The minimum absolute atomic E-state index is 0.150. The van der Waals surface area contributed by atoms with E-state index in [0.29, 0.717) is 44.4 Å². The average molecular weight is 534 g/mol. The topological polar surface area (TPSA) is 105 Å². The maximum atomic E-state index is 12.9. The van der Waals surface area contributed by atoms with Gasteiger partial charge >= 0.3 is 0 Å². The zero-order valence-electron chi connectivity index (χ0n) is 22.4. The summed E-state index contributed by atoms with van der Waals surface area (Å²) in [6.07, 6.45) is 1.92. The third-order valence-electron chi connectivity index (χ3n) is 7.69. The van der Waals surface area contributed by atoms with E-state index in [1.165, 1.54) is 0 Å². The first-order valence-corrected chi connectivity index (χ1v) is 13.7. The van der Waals surface area contributed by atoms with Crippen LogP contribution in [0.25, 0.3) is 0 Å². The Morgan fingerprint density at radius 1 is 1.08 bits per heavy atom. The molecule has 3 aliphatic rings. The second-order valence-corrected chi connectivity index (χ2v) is 10.5. The molecule has 2 saturated heterocycles. The summed E-state index contributed by atoms with van der Waals surface area (Å²) in [7, 11) is 0. The van der Waals surface area contributed by atoms with Crippen LogP contribution in [-0.4, -0.2) is 78.8 Å². The first-order chi connectivity index (χ1) is 18.9. The number of nitrogens with one attached hydrogen (secondary N) is 1. The Labute approximate surface area is 228 Å². The van der Waals surface area contributed by atoms with Crippen molar-refractivity contribution in [3.8, 4) is 5.75 Å². The smallest absolute Gasteiger partial charge is 0.255 e. The van der Waals surface area contributed by atoms with Crippen molar-refractivity contribution < 1.29 is 28.7 Å². The molecule has 1 N–H and O–H groups in total. The van der Waals surface area contributed by atoms with Gasteiger partial charge in [-0.3, -0.25) is 29.4 Å². The SMILES string of the molecule is Cc1cc(CC(=O)CCc2ccc3c(c2)CN(C2CCC(=O)NC2=O)C3=O)ccc1OCCN1CCOCC1. The van der Waals surface area contributed by atoms with Crippen LogP contribution in [0.1, 0.15) is 51.9 Å². The standard InChI is InChI=1S/C30H35N3O6/c1-20-16-22(4-8-27(20)39-15-12-32-10-13-38-14-11-32)18-24(34)5-2-21-3-6-25-23(17-21)19-33(30(25)37)26-7-9-28(35)31-29(26)36/h3-4,6,8,16-17,26H,2,5,7,9-15,18-19H2,1H3,(H,31,35,36). The van der Waals surface area contributed by atoms with Crippen molar-refractivity contribution in [3.63, 3.8) is 0 Å². The van der Waals surface area contributed by atoms with Crippen molar-refractivity contribution in [2.24, 2.45) is 0 Å². The Balaban J connectivity index is 1.10. The summed E-state index contributed by atoms with van der Waals surface area (Å²) in [5.74, 6) is 0.0916. The molecule has 9 nitrogen and oxygen atoms in total. The highest BCUT2D eigenvalue weighted by molar-refractivity contribution is 6.05. The number of Topliss-reactive ketones (excluding diaryl/α,β-unsaturated/α-hetero) is 1. The number of carbonyl (C=O) groups is 4. The fourth-order valence-corrected chi connectivity index (χ4v) is 5.48. The van der Waals surface area contributed by atoms with Crippen molar-refractivity contribution in [1.29, 1.82) is 0 Å². The third-order valence-corrected chi connectivity index (χ3v) is 7.69. The summed E-state index contributed by atoms with van der Waals surface area (Å²) in [6, 6.07) is 10.9. The molecule has 0 aromatic heterocycles. The monoisotopic (exact) mass is 533 g/mol. The van der Waals surface area contributed by atoms with Gasteiger partial charge in [-0.05, 0) is 54.2 Å². The number of aryl methyl sites for hydroxylation is 2. The number of amides is 3. The second kappa shape index (κ2) is 12.1. The highest BCUT2D eigenvalue weighted by Crippen LogP contribution is 2.28. The molecule has 0 aliphatic carbocycles. The van der Waals surface area contributed by atoms with Gasteiger partial charge in [0, 0.05) is 51.0 Å². The van der Waals surface area contributed by atoms with E-state index < -0.39 is 11.9 Å². The predicted octanol–water partition coefficient (Wildman–Crippen LogP) is 2.21. The molecule has 0 saturated carbocycles. The molecule has 206 valence electrons. The van der Waals surface area contributed by atoms with E-state index in [1.54, 1.807) is 11.0 Å². The number of rotatable bonds is 10. The van der Waals surface area contributed by atoms with Gasteiger partial charge in [0.15, 0.2) is 0 Å². The van der Waals surface area contributed by atoms with Crippen molar-refractivity contribution in [3.05, 3.63) is 64.2 Å². The van der Waals surface area contributed by atoms with Crippen LogP contribution < -0.4 is 10.1 Å². The largest absolute Gasteiger partial charge is 0.492 e. The zero-order chi connectivity index (χ0) is 27.4. The summed E-state index contributed by atoms with van der Waals surface area (Å²) in [5.41, 5.74) is 4.41. The molecule has 2 fully saturated rings. The maximum absolute atomic E-state index is 12.9. The molecular formula is C30H35N3O6. The number of hydrogen-bond donors (Lipinski definition) is 1. The van der Waals surface area contributed by atoms with Crippen LogP contribution in [0.4, 0.5) is 0 Å². The van der Waals surface area contributed by atoms with E-state index in [9.17, 15) is 19.2 Å². The summed E-state index contributed by atoms with van der Waals surface area (Å²) in [4.78, 5) is 53.2. The first kappa shape index (κ1) is 27.0. The molecule has 2 aromatic carbocycles. The number of imide groups is 1. The molecule has 2 aromatic rings. The second-order valence-electron chi connectivity index (χ2n) is 10.5. The lowest BCUT2D eigenvalue weighted by molar-refractivity contribution is -0.137. The van der Waals surface area contributed by atoms with Crippen LogP contribution in [0, 0.1) is 6.92 Å². The van der Waals surface area contributed by atoms with E-state index in [2.05, 4.69) is 10.2 Å². The molecule has 0 bridgehead atoms. The summed E-state index contributed by atoms with van der Waals surface area (Å²) in [5, 5.41) is 2.32. The number of carbonyl (C=O) groups excluding carboxylic acids is 4. The number of ketones is 1. The zero-order valence-corrected chi connectivity index (χ0v) is 22.4. The molecule has 3 amide bonds. The Kier molecular flexibility index (Phi) is 8.38. The van der Waals surface area contributed by atoms with Gasteiger partial charge in [-0.1, -0.05) is 24.3 Å². The maximum Gasteiger partial charge on any atom is 0.255 e. The molecule has 3 aliphatic heterocycles. The van der Waals surface area contributed by atoms with Crippen molar-refractivity contribution >= 4 is 23.5 Å². The van der Waals surface area contributed by atoms with E-state index in [1.807, 2.05) is 37.3 Å². The molecular weight excluding hydrogens is 498 g/mol. The van der Waals surface area contributed by atoms with Crippen LogP contribution >= 0.6 is 0 Å². The number of nitrogens with zero attached hydrogens (tertiary/aromatic N) is 2. The summed E-state index contributed by atoms with van der Waals surface area (Å²) < 4.78 is 11.4. The van der Waals surface area contributed by atoms with E-state index in [0.717, 1.165) is 60.9 Å². The number of fused-ring (bicyclic) bond motifs is 1. The molecule has 3 heterocycles.